The van der Waals surface area contributed by atoms with Gasteiger partial charge in [0, 0.05) is 10.0 Å². The van der Waals surface area contributed by atoms with Gasteiger partial charge in [0.15, 0.2) is 0 Å². The molecule has 2 atom stereocenters. The Hall–Kier alpha value is -2.49. The maximum Gasteiger partial charge on any atom is 0.204 e. The van der Waals surface area contributed by atoms with Gasteiger partial charge in [-0.3, -0.25) is 0 Å². The molecule has 0 bridgehead atoms. The van der Waals surface area contributed by atoms with E-state index in [1.807, 2.05) is 30.3 Å². The Bertz CT molecular complexity index is 1100. The molecule has 0 saturated carbocycles. The SMILES string of the molecule is Clc1ccc([C@@H]2C[C@H](c3ccc(Cl)cc3)n3c(nc4ccccc43)N2)cc1. The number of fused-ring (bicyclic) bond motifs is 3. The number of hydrogen-bond acceptors (Lipinski definition) is 2. The summed E-state index contributed by atoms with van der Waals surface area (Å²) in [4.78, 5) is 4.84. The van der Waals surface area contributed by atoms with Crippen LogP contribution in [0.4, 0.5) is 5.95 Å². The Balaban J connectivity index is 1.65. The summed E-state index contributed by atoms with van der Waals surface area (Å²) >= 11 is 12.2. The van der Waals surface area contributed by atoms with Crippen molar-refractivity contribution in [3.8, 4) is 0 Å². The van der Waals surface area contributed by atoms with E-state index in [0.29, 0.717) is 0 Å². The number of imidazole rings is 1. The van der Waals surface area contributed by atoms with Gasteiger partial charge in [-0.25, -0.2) is 4.98 Å². The van der Waals surface area contributed by atoms with E-state index < -0.39 is 0 Å². The van der Waals surface area contributed by atoms with Crippen LogP contribution in [0.25, 0.3) is 11.0 Å². The molecule has 1 aliphatic rings. The molecular formula is C22H17Cl2N3. The molecule has 1 aromatic heterocycles. The normalized spacial score (nSPS) is 18.9. The van der Waals surface area contributed by atoms with Gasteiger partial charge in [-0.1, -0.05) is 59.6 Å². The Morgan fingerprint density at radius 3 is 2.15 bits per heavy atom. The lowest BCUT2D eigenvalue weighted by molar-refractivity contribution is 0.477. The number of benzene rings is 3. The van der Waals surface area contributed by atoms with Gasteiger partial charge >= 0.3 is 0 Å². The number of aromatic nitrogens is 2. The summed E-state index contributed by atoms with van der Waals surface area (Å²) in [5, 5.41) is 5.11. The lowest BCUT2D eigenvalue weighted by Crippen LogP contribution is -2.27. The second-order valence-electron chi connectivity index (χ2n) is 6.85. The van der Waals surface area contributed by atoms with Crippen LogP contribution in [0.3, 0.4) is 0 Å². The van der Waals surface area contributed by atoms with Crippen molar-refractivity contribution in [3.05, 3.63) is 94.0 Å². The van der Waals surface area contributed by atoms with Crippen LogP contribution >= 0.6 is 23.2 Å². The Morgan fingerprint density at radius 2 is 1.44 bits per heavy atom. The number of hydrogen-bond donors (Lipinski definition) is 1. The van der Waals surface area contributed by atoms with Gasteiger partial charge in [0.05, 0.1) is 23.1 Å². The highest BCUT2D eigenvalue weighted by Gasteiger charge is 2.30. The zero-order valence-corrected chi connectivity index (χ0v) is 16.0. The van der Waals surface area contributed by atoms with Gasteiger partial charge in [0.2, 0.25) is 5.95 Å². The Labute approximate surface area is 167 Å². The third kappa shape index (κ3) is 2.97. The fraction of sp³-hybridized carbons (Fsp3) is 0.136. The molecule has 5 rings (SSSR count). The van der Waals surface area contributed by atoms with Gasteiger partial charge in [-0.2, -0.15) is 0 Å². The average Bonchev–Trinajstić information content (AvgIpc) is 3.07. The minimum atomic E-state index is 0.159. The van der Waals surface area contributed by atoms with Crippen molar-refractivity contribution in [2.45, 2.75) is 18.5 Å². The van der Waals surface area contributed by atoms with Crippen molar-refractivity contribution in [1.82, 2.24) is 9.55 Å². The number of para-hydroxylation sites is 2. The fourth-order valence-electron chi connectivity index (χ4n) is 3.89. The predicted molar refractivity (Wildman–Crippen MR) is 112 cm³/mol. The maximum atomic E-state index is 6.12. The zero-order chi connectivity index (χ0) is 18.4. The molecule has 1 N–H and O–H groups in total. The van der Waals surface area contributed by atoms with Crippen molar-refractivity contribution >= 4 is 40.2 Å². The highest BCUT2D eigenvalue weighted by molar-refractivity contribution is 6.30. The number of nitrogens with one attached hydrogen (secondary N) is 1. The maximum absolute atomic E-state index is 6.12. The topological polar surface area (TPSA) is 29.9 Å². The van der Waals surface area contributed by atoms with Crippen molar-refractivity contribution in [2.75, 3.05) is 5.32 Å². The molecule has 0 saturated heterocycles. The van der Waals surface area contributed by atoms with Crippen molar-refractivity contribution in [3.63, 3.8) is 0 Å². The van der Waals surface area contributed by atoms with Crippen LogP contribution in [-0.2, 0) is 0 Å². The highest BCUT2D eigenvalue weighted by atomic mass is 35.5. The lowest BCUT2D eigenvalue weighted by Gasteiger charge is -2.33. The van der Waals surface area contributed by atoms with Gasteiger partial charge in [-0.15, -0.1) is 0 Å². The first kappa shape index (κ1) is 16.7. The van der Waals surface area contributed by atoms with Gasteiger partial charge in [0.1, 0.15) is 0 Å². The van der Waals surface area contributed by atoms with Crippen LogP contribution in [0.2, 0.25) is 10.0 Å². The molecule has 134 valence electrons. The summed E-state index contributed by atoms with van der Waals surface area (Å²) in [6, 6.07) is 24.7. The van der Waals surface area contributed by atoms with Crippen LogP contribution in [-0.4, -0.2) is 9.55 Å². The van der Waals surface area contributed by atoms with E-state index in [1.165, 1.54) is 11.1 Å². The van der Waals surface area contributed by atoms with E-state index in [0.717, 1.165) is 33.4 Å². The monoisotopic (exact) mass is 393 g/mol. The third-order valence-electron chi connectivity index (χ3n) is 5.20. The molecule has 5 heteroatoms. The first-order valence-electron chi connectivity index (χ1n) is 8.93. The molecule has 3 aromatic carbocycles. The van der Waals surface area contributed by atoms with Crippen LogP contribution in [0.5, 0.6) is 0 Å². The lowest BCUT2D eigenvalue weighted by atomic mass is 9.93. The fourth-order valence-corrected chi connectivity index (χ4v) is 4.14. The molecular weight excluding hydrogens is 377 g/mol. The molecule has 4 aromatic rings. The predicted octanol–water partition coefficient (Wildman–Crippen LogP) is 6.49. The zero-order valence-electron chi connectivity index (χ0n) is 14.4. The second kappa shape index (κ2) is 6.59. The van der Waals surface area contributed by atoms with E-state index in [4.69, 9.17) is 28.2 Å². The van der Waals surface area contributed by atoms with E-state index in [2.05, 4.69) is 52.3 Å². The van der Waals surface area contributed by atoms with Gasteiger partial charge < -0.3 is 9.88 Å². The number of halogens is 2. The third-order valence-corrected chi connectivity index (χ3v) is 5.70. The standard InChI is InChI=1S/C22H17Cl2N3/c23-16-9-5-14(6-10-16)19-13-21(15-7-11-17(24)12-8-15)27-20-4-2-1-3-18(20)25-22(27)26-19/h1-12,19,21H,13H2,(H,25,26)/t19-,21+/m0/s1. The van der Waals surface area contributed by atoms with E-state index >= 15 is 0 Å². The summed E-state index contributed by atoms with van der Waals surface area (Å²) in [6.07, 6.45) is 0.913. The van der Waals surface area contributed by atoms with Crippen molar-refractivity contribution in [2.24, 2.45) is 0 Å². The molecule has 27 heavy (non-hydrogen) atoms. The van der Waals surface area contributed by atoms with Crippen LogP contribution in [0.1, 0.15) is 29.6 Å². The van der Waals surface area contributed by atoms with Crippen molar-refractivity contribution < 1.29 is 0 Å². The minimum Gasteiger partial charge on any atom is -0.349 e. The smallest absolute Gasteiger partial charge is 0.204 e. The quantitative estimate of drug-likeness (QED) is 0.421. The van der Waals surface area contributed by atoms with Gasteiger partial charge in [-0.05, 0) is 53.9 Å². The number of rotatable bonds is 2. The summed E-state index contributed by atoms with van der Waals surface area (Å²) in [5.41, 5.74) is 4.56. The van der Waals surface area contributed by atoms with Crippen LogP contribution in [0.15, 0.2) is 72.8 Å². The number of anilines is 1. The minimum absolute atomic E-state index is 0.159. The summed E-state index contributed by atoms with van der Waals surface area (Å²) in [6.45, 7) is 0. The average molecular weight is 394 g/mol. The van der Waals surface area contributed by atoms with Crippen molar-refractivity contribution in [1.29, 1.82) is 0 Å². The molecule has 0 radical (unpaired) electrons. The Kier molecular flexibility index (Phi) is 4.07. The molecule has 0 aliphatic carbocycles. The van der Waals surface area contributed by atoms with Crippen LogP contribution in [0, 0.1) is 0 Å². The Morgan fingerprint density at radius 1 is 0.815 bits per heavy atom. The second-order valence-corrected chi connectivity index (χ2v) is 7.72. The molecule has 0 unspecified atom stereocenters. The summed E-state index contributed by atoms with van der Waals surface area (Å²) in [7, 11) is 0. The van der Waals surface area contributed by atoms with Crippen LogP contribution < -0.4 is 5.32 Å². The van der Waals surface area contributed by atoms with Gasteiger partial charge in [0.25, 0.3) is 0 Å². The largest absolute Gasteiger partial charge is 0.349 e. The molecule has 2 heterocycles. The van der Waals surface area contributed by atoms with E-state index in [1.54, 1.807) is 0 Å². The number of nitrogens with zero attached hydrogens (tertiary/aromatic N) is 2. The summed E-state index contributed by atoms with van der Waals surface area (Å²) in [5.74, 6) is 0.891. The highest BCUT2D eigenvalue weighted by Crippen LogP contribution is 2.41. The molecule has 1 aliphatic heterocycles. The summed E-state index contributed by atoms with van der Waals surface area (Å²) < 4.78 is 2.30. The van der Waals surface area contributed by atoms with E-state index in [-0.39, 0.29) is 12.1 Å². The molecule has 3 nitrogen and oxygen atoms in total. The molecule has 0 fully saturated rings. The first-order valence-corrected chi connectivity index (χ1v) is 9.69. The molecule has 0 amide bonds. The van der Waals surface area contributed by atoms with E-state index in [9.17, 15) is 0 Å². The molecule has 0 spiro atoms. The first-order chi connectivity index (χ1) is 13.2.